The fourth-order valence-electron chi connectivity index (χ4n) is 2.09. The number of benzene rings is 1. The van der Waals surface area contributed by atoms with Gasteiger partial charge in [0, 0.05) is 38.8 Å². The lowest BCUT2D eigenvalue weighted by Crippen LogP contribution is -2.45. The summed E-state index contributed by atoms with van der Waals surface area (Å²) in [4.78, 5) is 27.0. The zero-order valence-corrected chi connectivity index (χ0v) is 11.9. The standard InChI is InChI=1S/C14H19N3O3/c1-9-14(19)17(7-6-13(18)16(2)3)11-5-4-10(15)8-12(11)20-9/h4-5,8-9H,6-7,15H2,1-3H3. The van der Waals surface area contributed by atoms with E-state index in [0.717, 1.165) is 0 Å². The minimum atomic E-state index is -0.571. The molecule has 2 N–H and O–H groups in total. The van der Waals surface area contributed by atoms with Crippen LogP contribution in [0, 0.1) is 0 Å². The number of carbonyl (C=O) groups excluding carboxylic acids is 2. The minimum Gasteiger partial charge on any atom is -0.479 e. The molecule has 108 valence electrons. The number of amides is 2. The van der Waals surface area contributed by atoms with Gasteiger partial charge in [-0.1, -0.05) is 0 Å². The molecular weight excluding hydrogens is 258 g/mol. The molecule has 2 amide bonds. The minimum absolute atomic E-state index is 0.0195. The van der Waals surface area contributed by atoms with Gasteiger partial charge in [0.15, 0.2) is 6.10 Å². The van der Waals surface area contributed by atoms with Crippen molar-refractivity contribution in [2.45, 2.75) is 19.4 Å². The van der Waals surface area contributed by atoms with Crippen LogP contribution in [0.1, 0.15) is 13.3 Å². The number of nitrogens with two attached hydrogens (primary N) is 1. The smallest absolute Gasteiger partial charge is 0.267 e. The summed E-state index contributed by atoms with van der Waals surface area (Å²) in [5.41, 5.74) is 6.96. The second-order valence-corrected chi connectivity index (χ2v) is 5.02. The predicted molar refractivity (Wildman–Crippen MR) is 76.6 cm³/mol. The second-order valence-electron chi connectivity index (χ2n) is 5.02. The summed E-state index contributed by atoms with van der Waals surface area (Å²) in [6.45, 7) is 2.02. The highest BCUT2D eigenvalue weighted by Crippen LogP contribution is 2.35. The molecular formula is C14H19N3O3. The van der Waals surface area contributed by atoms with Crippen molar-refractivity contribution in [3.63, 3.8) is 0 Å². The van der Waals surface area contributed by atoms with Gasteiger partial charge in [0.25, 0.3) is 5.91 Å². The molecule has 1 heterocycles. The molecule has 1 aliphatic heterocycles. The lowest BCUT2D eigenvalue weighted by atomic mass is 10.1. The Morgan fingerprint density at radius 2 is 2.15 bits per heavy atom. The Labute approximate surface area is 118 Å². The van der Waals surface area contributed by atoms with Crippen molar-refractivity contribution in [1.82, 2.24) is 4.90 Å². The average molecular weight is 277 g/mol. The van der Waals surface area contributed by atoms with Crippen molar-refractivity contribution in [2.75, 3.05) is 31.3 Å². The van der Waals surface area contributed by atoms with E-state index in [1.54, 1.807) is 44.1 Å². The van der Waals surface area contributed by atoms with Crippen LogP contribution in [0.3, 0.4) is 0 Å². The molecule has 0 fully saturated rings. The molecule has 1 aliphatic rings. The zero-order chi connectivity index (χ0) is 14.9. The van der Waals surface area contributed by atoms with Gasteiger partial charge < -0.3 is 20.3 Å². The molecule has 1 unspecified atom stereocenters. The predicted octanol–water partition coefficient (Wildman–Crippen LogP) is 0.861. The summed E-state index contributed by atoms with van der Waals surface area (Å²) in [5.74, 6) is 0.414. The first-order valence-corrected chi connectivity index (χ1v) is 6.48. The topological polar surface area (TPSA) is 75.9 Å². The highest BCUT2D eigenvalue weighted by atomic mass is 16.5. The molecule has 0 saturated heterocycles. The fourth-order valence-corrected chi connectivity index (χ4v) is 2.09. The van der Waals surface area contributed by atoms with Crippen LogP contribution in [0.5, 0.6) is 5.75 Å². The van der Waals surface area contributed by atoms with Gasteiger partial charge in [-0.05, 0) is 19.1 Å². The van der Waals surface area contributed by atoms with Crippen LogP contribution >= 0.6 is 0 Å². The van der Waals surface area contributed by atoms with Crippen LogP contribution in [0.15, 0.2) is 18.2 Å². The van der Waals surface area contributed by atoms with E-state index in [9.17, 15) is 9.59 Å². The molecule has 6 nitrogen and oxygen atoms in total. The normalized spacial score (nSPS) is 17.4. The van der Waals surface area contributed by atoms with E-state index in [1.165, 1.54) is 4.90 Å². The molecule has 0 aliphatic carbocycles. The highest BCUT2D eigenvalue weighted by Gasteiger charge is 2.31. The van der Waals surface area contributed by atoms with Gasteiger partial charge in [-0.2, -0.15) is 0 Å². The number of nitrogens with zero attached hydrogens (tertiary/aromatic N) is 2. The van der Waals surface area contributed by atoms with E-state index in [-0.39, 0.29) is 18.2 Å². The summed E-state index contributed by atoms with van der Waals surface area (Å²) in [6.07, 6.45) is -0.298. The van der Waals surface area contributed by atoms with Crippen LogP contribution in [0.4, 0.5) is 11.4 Å². The van der Waals surface area contributed by atoms with Crippen LogP contribution in [0.2, 0.25) is 0 Å². The molecule has 2 rings (SSSR count). The van der Waals surface area contributed by atoms with Crippen molar-refractivity contribution in [3.05, 3.63) is 18.2 Å². The summed E-state index contributed by atoms with van der Waals surface area (Å²) in [5, 5.41) is 0. The van der Waals surface area contributed by atoms with E-state index in [4.69, 9.17) is 10.5 Å². The van der Waals surface area contributed by atoms with Crippen LogP contribution in [-0.4, -0.2) is 43.5 Å². The molecule has 0 spiro atoms. The summed E-state index contributed by atoms with van der Waals surface area (Å²) < 4.78 is 5.54. The van der Waals surface area contributed by atoms with Gasteiger partial charge in [-0.25, -0.2) is 0 Å². The first-order valence-electron chi connectivity index (χ1n) is 6.48. The van der Waals surface area contributed by atoms with Crippen molar-refractivity contribution >= 4 is 23.2 Å². The monoisotopic (exact) mass is 277 g/mol. The number of carbonyl (C=O) groups is 2. The van der Waals surface area contributed by atoms with Gasteiger partial charge in [-0.3, -0.25) is 9.59 Å². The SMILES string of the molecule is CC1Oc2cc(N)ccc2N(CCC(=O)N(C)C)C1=O. The van der Waals surface area contributed by atoms with Crippen molar-refractivity contribution in [1.29, 1.82) is 0 Å². The summed E-state index contributed by atoms with van der Waals surface area (Å²) >= 11 is 0. The summed E-state index contributed by atoms with van der Waals surface area (Å²) in [7, 11) is 3.39. The molecule has 0 radical (unpaired) electrons. The van der Waals surface area contributed by atoms with Crippen LogP contribution in [0.25, 0.3) is 0 Å². The van der Waals surface area contributed by atoms with Crippen LogP contribution < -0.4 is 15.4 Å². The Morgan fingerprint density at radius 3 is 2.80 bits per heavy atom. The number of rotatable bonds is 3. The van der Waals surface area contributed by atoms with Crippen molar-refractivity contribution in [3.8, 4) is 5.75 Å². The second kappa shape index (κ2) is 5.40. The van der Waals surface area contributed by atoms with Crippen LogP contribution in [-0.2, 0) is 9.59 Å². The number of hydrogen-bond donors (Lipinski definition) is 1. The molecule has 1 atom stereocenters. The molecule has 1 aromatic carbocycles. The Kier molecular flexibility index (Phi) is 3.83. The summed E-state index contributed by atoms with van der Waals surface area (Å²) in [6, 6.07) is 5.15. The number of hydrogen-bond acceptors (Lipinski definition) is 4. The van der Waals surface area contributed by atoms with Gasteiger partial charge in [0.2, 0.25) is 5.91 Å². The van der Waals surface area contributed by atoms with Gasteiger partial charge >= 0.3 is 0 Å². The Balaban J connectivity index is 2.23. The van der Waals surface area contributed by atoms with E-state index < -0.39 is 6.10 Å². The molecule has 1 aromatic rings. The molecule has 0 aromatic heterocycles. The average Bonchev–Trinajstić information content (AvgIpc) is 2.39. The number of fused-ring (bicyclic) bond motifs is 1. The van der Waals surface area contributed by atoms with Gasteiger partial charge in [-0.15, -0.1) is 0 Å². The number of anilines is 2. The van der Waals surface area contributed by atoms with E-state index in [2.05, 4.69) is 0 Å². The van der Waals surface area contributed by atoms with Gasteiger partial charge in [0.1, 0.15) is 5.75 Å². The fraction of sp³-hybridized carbons (Fsp3) is 0.429. The largest absolute Gasteiger partial charge is 0.479 e. The van der Waals surface area contributed by atoms with E-state index in [0.29, 0.717) is 23.7 Å². The van der Waals surface area contributed by atoms with E-state index >= 15 is 0 Å². The van der Waals surface area contributed by atoms with Crippen molar-refractivity contribution < 1.29 is 14.3 Å². The quantitative estimate of drug-likeness (QED) is 0.831. The molecule has 6 heteroatoms. The first kappa shape index (κ1) is 14.2. The zero-order valence-electron chi connectivity index (χ0n) is 11.9. The lowest BCUT2D eigenvalue weighted by Gasteiger charge is -2.33. The Hall–Kier alpha value is -2.24. The van der Waals surface area contributed by atoms with E-state index in [1.807, 2.05) is 0 Å². The lowest BCUT2D eigenvalue weighted by molar-refractivity contribution is -0.128. The third-order valence-electron chi connectivity index (χ3n) is 3.24. The number of nitrogen functional groups attached to an aromatic ring is 1. The maximum atomic E-state index is 12.2. The van der Waals surface area contributed by atoms with Crippen molar-refractivity contribution in [2.24, 2.45) is 0 Å². The highest BCUT2D eigenvalue weighted by molar-refractivity contribution is 6.00. The molecule has 0 bridgehead atoms. The van der Waals surface area contributed by atoms with Gasteiger partial charge in [0.05, 0.1) is 5.69 Å². The maximum Gasteiger partial charge on any atom is 0.267 e. The Morgan fingerprint density at radius 1 is 1.45 bits per heavy atom. The third kappa shape index (κ3) is 2.68. The first-order chi connectivity index (χ1) is 9.40. The number of ether oxygens (including phenoxy) is 1. The molecule has 20 heavy (non-hydrogen) atoms. The Bertz CT molecular complexity index is 542. The maximum absolute atomic E-state index is 12.2. The third-order valence-corrected chi connectivity index (χ3v) is 3.24. The molecule has 0 saturated carbocycles.